The van der Waals surface area contributed by atoms with Crippen molar-refractivity contribution in [1.82, 2.24) is 15.1 Å². The molecule has 24 heavy (non-hydrogen) atoms. The van der Waals surface area contributed by atoms with Crippen LogP contribution in [0.4, 0.5) is 0 Å². The molecule has 2 heterocycles. The zero-order valence-electron chi connectivity index (χ0n) is 15.4. The van der Waals surface area contributed by atoms with Crippen molar-refractivity contribution >= 4 is 17.7 Å². The fourth-order valence-electron chi connectivity index (χ4n) is 4.12. The highest BCUT2D eigenvalue weighted by Gasteiger charge is 2.38. The molecule has 1 atom stereocenters. The summed E-state index contributed by atoms with van der Waals surface area (Å²) < 4.78 is 6.36. The summed E-state index contributed by atoms with van der Waals surface area (Å²) in [6.07, 6.45) is 7.21. The van der Waals surface area contributed by atoms with Gasteiger partial charge in [-0.1, -0.05) is 19.3 Å². The SMILES string of the molecule is CCNC(=NCC1CN(C)CCO1)N1CCSC2(CCCCC2)C1. The monoisotopic (exact) mass is 354 g/mol. The smallest absolute Gasteiger partial charge is 0.194 e. The average molecular weight is 355 g/mol. The number of thioether (sulfide) groups is 1. The maximum absolute atomic E-state index is 5.87. The lowest BCUT2D eigenvalue weighted by Gasteiger charge is -2.45. The van der Waals surface area contributed by atoms with Gasteiger partial charge >= 0.3 is 0 Å². The Hall–Kier alpha value is -0.460. The Labute approximate surface area is 151 Å². The first-order chi connectivity index (χ1) is 11.7. The molecule has 0 bridgehead atoms. The van der Waals surface area contributed by atoms with Gasteiger partial charge in [0.1, 0.15) is 0 Å². The average Bonchev–Trinajstić information content (AvgIpc) is 2.59. The lowest BCUT2D eigenvalue weighted by Crippen LogP contribution is -2.53. The van der Waals surface area contributed by atoms with Crippen molar-refractivity contribution in [3.8, 4) is 0 Å². The second kappa shape index (κ2) is 8.77. The van der Waals surface area contributed by atoms with E-state index in [-0.39, 0.29) is 6.10 Å². The van der Waals surface area contributed by atoms with E-state index in [4.69, 9.17) is 9.73 Å². The van der Waals surface area contributed by atoms with Crippen molar-refractivity contribution < 1.29 is 4.74 Å². The van der Waals surface area contributed by atoms with Gasteiger partial charge in [0, 0.05) is 43.2 Å². The predicted octanol–water partition coefficient (Wildman–Crippen LogP) is 2.03. The molecule has 3 fully saturated rings. The quantitative estimate of drug-likeness (QED) is 0.620. The molecule has 1 saturated carbocycles. The molecule has 0 radical (unpaired) electrons. The summed E-state index contributed by atoms with van der Waals surface area (Å²) in [5.74, 6) is 2.33. The van der Waals surface area contributed by atoms with Gasteiger partial charge in [0.15, 0.2) is 5.96 Å². The maximum atomic E-state index is 5.87. The minimum atomic E-state index is 0.236. The van der Waals surface area contributed by atoms with Crippen LogP contribution in [0.5, 0.6) is 0 Å². The molecular formula is C18H34N4OS. The summed E-state index contributed by atoms with van der Waals surface area (Å²) in [6.45, 7) is 8.99. The van der Waals surface area contributed by atoms with Crippen LogP contribution in [-0.4, -0.2) is 85.3 Å². The van der Waals surface area contributed by atoms with Crippen molar-refractivity contribution in [2.75, 3.05) is 58.7 Å². The zero-order chi connectivity index (χ0) is 16.8. The van der Waals surface area contributed by atoms with Gasteiger partial charge in [-0.05, 0) is 26.8 Å². The van der Waals surface area contributed by atoms with Gasteiger partial charge in [-0.3, -0.25) is 4.99 Å². The van der Waals surface area contributed by atoms with Gasteiger partial charge in [0.05, 0.1) is 19.3 Å². The molecule has 0 aromatic carbocycles. The van der Waals surface area contributed by atoms with E-state index in [9.17, 15) is 0 Å². The van der Waals surface area contributed by atoms with E-state index in [1.807, 2.05) is 0 Å². The molecule has 1 spiro atoms. The van der Waals surface area contributed by atoms with E-state index < -0.39 is 0 Å². The van der Waals surface area contributed by atoms with E-state index in [1.54, 1.807) is 0 Å². The highest BCUT2D eigenvalue weighted by Crippen LogP contribution is 2.42. The zero-order valence-corrected chi connectivity index (χ0v) is 16.2. The summed E-state index contributed by atoms with van der Waals surface area (Å²) in [5.41, 5.74) is 0. The summed E-state index contributed by atoms with van der Waals surface area (Å²) in [5, 5.41) is 3.52. The molecule has 0 amide bonds. The van der Waals surface area contributed by atoms with Crippen molar-refractivity contribution in [3.63, 3.8) is 0 Å². The third-order valence-electron chi connectivity index (χ3n) is 5.43. The first-order valence-corrected chi connectivity index (χ1v) is 10.7. The molecule has 6 heteroatoms. The second-order valence-electron chi connectivity index (χ2n) is 7.46. The van der Waals surface area contributed by atoms with Crippen molar-refractivity contribution in [3.05, 3.63) is 0 Å². The minimum absolute atomic E-state index is 0.236. The Balaban J connectivity index is 1.62. The van der Waals surface area contributed by atoms with E-state index >= 15 is 0 Å². The molecule has 2 saturated heterocycles. The number of aliphatic imine (C=N–C) groups is 1. The Kier molecular flexibility index (Phi) is 6.70. The van der Waals surface area contributed by atoms with Gasteiger partial charge in [-0.25, -0.2) is 0 Å². The van der Waals surface area contributed by atoms with Crippen molar-refractivity contribution in [2.24, 2.45) is 4.99 Å². The van der Waals surface area contributed by atoms with Gasteiger partial charge in [-0.2, -0.15) is 11.8 Å². The molecular weight excluding hydrogens is 320 g/mol. The molecule has 3 aliphatic rings. The molecule has 5 nitrogen and oxygen atoms in total. The van der Waals surface area contributed by atoms with Crippen molar-refractivity contribution in [1.29, 1.82) is 0 Å². The third-order valence-corrected chi connectivity index (χ3v) is 6.97. The highest BCUT2D eigenvalue weighted by atomic mass is 32.2. The van der Waals surface area contributed by atoms with E-state index in [0.29, 0.717) is 4.75 Å². The van der Waals surface area contributed by atoms with Crippen LogP contribution in [0.3, 0.4) is 0 Å². The number of rotatable bonds is 3. The predicted molar refractivity (Wildman–Crippen MR) is 103 cm³/mol. The summed E-state index contributed by atoms with van der Waals surface area (Å²) in [6, 6.07) is 0. The molecule has 2 aliphatic heterocycles. The first kappa shape index (κ1) is 18.3. The molecule has 0 aromatic heterocycles. The van der Waals surface area contributed by atoms with Gasteiger partial charge in [0.25, 0.3) is 0 Å². The van der Waals surface area contributed by atoms with Crippen molar-refractivity contribution in [2.45, 2.75) is 49.9 Å². The normalized spacial score (nSPS) is 29.0. The number of hydrogen-bond acceptors (Lipinski definition) is 4. The third kappa shape index (κ3) is 4.79. The highest BCUT2D eigenvalue weighted by molar-refractivity contribution is 8.00. The second-order valence-corrected chi connectivity index (χ2v) is 9.03. The van der Waals surface area contributed by atoms with E-state index in [1.165, 1.54) is 37.9 Å². The summed E-state index contributed by atoms with van der Waals surface area (Å²) in [4.78, 5) is 9.79. The molecule has 1 N–H and O–H groups in total. The van der Waals surface area contributed by atoms with Crippen LogP contribution < -0.4 is 5.32 Å². The van der Waals surface area contributed by atoms with Crippen LogP contribution in [0.1, 0.15) is 39.0 Å². The van der Waals surface area contributed by atoms with Crippen LogP contribution >= 0.6 is 11.8 Å². The number of ether oxygens (including phenoxy) is 1. The number of nitrogens with one attached hydrogen (secondary N) is 1. The standard InChI is InChI=1S/C18H34N4OS/c1-3-19-17(20-13-16-14-21(2)9-11-23-16)22-10-12-24-18(15-22)7-5-4-6-8-18/h16H,3-15H2,1-2H3,(H,19,20). The largest absolute Gasteiger partial charge is 0.374 e. The van der Waals surface area contributed by atoms with Crippen LogP contribution in [0.25, 0.3) is 0 Å². The topological polar surface area (TPSA) is 40.1 Å². The maximum Gasteiger partial charge on any atom is 0.194 e. The van der Waals surface area contributed by atoms with Gasteiger partial charge in [0.2, 0.25) is 0 Å². The Morgan fingerprint density at radius 2 is 2.12 bits per heavy atom. The summed E-state index contributed by atoms with van der Waals surface area (Å²) >= 11 is 2.22. The fraction of sp³-hybridized carbons (Fsp3) is 0.944. The van der Waals surface area contributed by atoms with E-state index in [0.717, 1.165) is 51.8 Å². The molecule has 3 rings (SSSR count). The van der Waals surface area contributed by atoms with Crippen LogP contribution in [0.15, 0.2) is 4.99 Å². The van der Waals surface area contributed by atoms with Gasteiger partial charge < -0.3 is 19.9 Å². The fourth-order valence-corrected chi connectivity index (χ4v) is 5.68. The van der Waals surface area contributed by atoms with Gasteiger partial charge in [-0.15, -0.1) is 0 Å². The lowest BCUT2D eigenvalue weighted by molar-refractivity contribution is -0.0137. The molecule has 0 aromatic rings. The lowest BCUT2D eigenvalue weighted by atomic mass is 9.87. The number of guanidine groups is 1. The Bertz CT molecular complexity index is 420. The van der Waals surface area contributed by atoms with Crippen LogP contribution in [0.2, 0.25) is 0 Å². The van der Waals surface area contributed by atoms with Crippen LogP contribution in [0, 0.1) is 0 Å². The Morgan fingerprint density at radius 3 is 2.88 bits per heavy atom. The Morgan fingerprint density at radius 1 is 1.29 bits per heavy atom. The number of nitrogens with zero attached hydrogens (tertiary/aromatic N) is 3. The first-order valence-electron chi connectivity index (χ1n) is 9.68. The molecule has 1 aliphatic carbocycles. The number of morpholine rings is 1. The number of likely N-dealkylation sites (N-methyl/N-ethyl adjacent to an activating group) is 1. The molecule has 138 valence electrons. The van der Waals surface area contributed by atoms with Crippen LogP contribution in [-0.2, 0) is 4.74 Å². The number of hydrogen-bond donors (Lipinski definition) is 1. The molecule has 1 unspecified atom stereocenters. The summed E-state index contributed by atoms with van der Waals surface area (Å²) in [7, 11) is 2.17. The van der Waals surface area contributed by atoms with E-state index in [2.05, 4.69) is 40.8 Å². The minimum Gasteiger partial charge on any atom is -0.374 e.